The molecule has 9 heteroatoms. The average Bonchev–Trinajstić information content (AvgIpc) is 3.72. The van der Waals surface area contributed by atoms with Crippen molar-refractivity contribution in [1.29, 1.82) is 0 Å². The second-order valence-electron chi connectivity index (χ2n) is 10.4. The molecule has 0 bridgehead atoms. The van der Waals surface area contributed by atoms with E-state index in [9.17, 15) is 4.79 Å². The number of carbonyl (C=O) groups is 1. The monoisotopic (exact) mass is 581 g/mol. The van der Waals surface area contributed by atoms with Gasteiger partial charge < -0.3 is 14.4 Å². The summed E-state index contributed by atoms with van der Waals surface area (Å²) in [7, 11) is 3.24. The van der Waals surface area contributed by atoms with Crippen LogP contribution in [-0.4, -0.2) is 57.4 Å². The highest BCUT2D eigenvalue weighted by Crippen LogP contribution is 2.31. The fraction of sp³-hybridized carbons (Fsp3) is 0.273. The number of rotatable bonds is 9. The van der Waals surface area contributed by atoms with Crippen molar-refractivity contribution in [2.45, 2.75) is 38.3 Å². The number of aromatic nitrogens is 4. The van der Waals surface area contributed by atoms with Crippen LogP contribution in [0.25, 0.3) is 33.5 Å². The lowest BCUT2D eigenvalue weighted by atomic mass is 10.0. The zero-order valence-electron chi connectivity index (χ0n) is 23.7. The van der Waals surface area contributed by atoms with E-state index in [2.05, 4.69) is 4.98 Å². The summed E-state index contributed by atoms with van der Waals surface area (Å²) in [4.78, 5) is 25.1. The summed E-state index contributed by atoms with van der Waals surface area (Å²) < 4.78 is 12.6. The smallest absolute Gasteiger partial charge is 0.254 e. The van der Waals surface area contributed by atoms with Gasteiger partial charge in [-0.1, -0.05) is 36.6 Å². The number of nitrogens with zero attached hydrogens (tertiary/aromatic N) is 5. The molecule has 214 valence electrons. The van der Waals surface area contributed by atoms with Gasteiger partial charge in [-0.3, -0.25) is 9.78 Å². The molecule has 1 aliphatic rings. The second-order valence-corrected chi connectivity index (χ2v) is 10.8. The molecule has 0 spiro atoms. The van der Waals surface area contributed by atoms with Crippen molar-refractivity contribution in [3.8, 4) is 34.3 Å². The molecular formula is C33H32ClN5O3. The maximum Gasteiger partial charge on any atom is 0.254 e. The minimum Gasteiger partial charge on any atom is -0.497 e. The number of pyridine rings is 1. The van der Waals surface area contributed by atoms with Crippen molar-refractivity contribution in [3.63, 3.8) is 0 Å². The molecule has 0 atom stereocenters. The van der Waals surface area contributed by atoms with Crippen LogP contribution < -0.4 is 9.47 Å². The Morgan fingerprint density at radius 1 is 0.929 bits per heavy atom. The zero-order valence-corrected chi connectivity index (χ0v) is 24.4. The normalized spacial score (nSPS) is 13.4. The lowest BCUT2D eigenvalue weighted by Crippen LogP contribution is -2.41. The summed E-state index contributed by atoms with van der Waals surface area (Å²) in [6.45, 7) is 0.976. The van der Waals surface area contributed by atoms with Crippen molar-refractivity contribution in [1.82, 2.24) is 24.6 Å². The van der Waals surface area contributed by atoms with Crippen molar-refractivity contribution >= 4 is 28.3 Å². The van der Waals surface area contributed by atoms with Gasteiger partial charge in [0.2, 0.25) is 0 Å². The molecule has 0 aliphatic heterocycles. The lowest BCUT2D eigenvalue weighted by molar-refractivity contribution is 0.0672. The van der Waals surface area contributed by atoms with E-state index in [0.29, 0.717) is 41.1 Å². The number of amides is 1. The molecule has 8 nitrogen and oxygen atoms in total. The molecule has 3 aromatic carbocycles. The largest absolute Gasteiger partial charge is 0.497 e. The highest BCUT2D eigenvalue weighted by molar-refractivity contribution is 6.32. The third kappa shape index (κ3) is 5.67. The molecule has 1 saturated carbocycles. The van der Waals surface area contributed by atoms with Gasteiger partial charge >= 0.3 is 0 Å². The standard InChI is InChI=1S/C33H32ClN5O3/c1-41-28-11-9-23-19-26(8-7-24(23)20-28)33(40)38(27-5-3-4-6-27)17-18-39-32(25-10-12-30(42-2)29(34)21-25)36-31(37-39)22-13-15-35-16-14-22/h7-16,19-21,27H,3-6,17-18H2,1-2H3. The van der Waals surface area contributed by atoms with Gasteiger partial charge in [0.25, 0.3) is 5.91 Å². The summed E-state index contributed by atoms with van der Waals surface area (Å²) in [6, 6.07) is 21.3. The molecule has 0 saturated heterocycles. The predicted molar refractivity (Wildman–Crippen MR) is 164 cm³/mol. The average molecular weight is 582 g/mol. The Morgan fingerprint density at radius 3 is 2.43 bits per heavy atom. The Balaban J connectivity index is 1.32. The van der Waals surface area contributed by atoms with Crippen LogP contribution in [0.15, 0.2) is 79.1 Å². The van der Waals surface area contributed by atoms with Crippen LogP contribution in [-0.2, 0) is 6.54 Å². The molecular weight excluding hydrogens is 550 g/mol. The summed E-state index contributed by atoms with van der Waals surface area (Å²) in [5, 5.41) is 7.40. The Labute approximate surface area is 249 Å². The van der Waals surface area contributed by atoms with E-state index in [1.807, 2.05) is 76.3 Å². The van der Waals surface area contributed by atoms with Gasteiger partial charge in [0.1, 0.15) is 11.5 Å². The molecule has 1 amide bonds. The van der Waals surface area contributed by atoms with Crippen molar-refractivity contribution in [2.24, 2.45) is 0 Å². The molecule has 5 aromatic rings. The van der Waals surface area contributed by atoms with Gasteiger partial charge in [-0.25, -0.2) is 9.67 Å². The third-order valence-corrected chi connectivity index (χ3v) is 8.19. The molecule has 0 unspecified atom stereocenters. The van der Waals surface area contributed by atoms with E-state index < -0.39 is 0 Å². The lowest BCUT2D eigenvalue weighted by Gasteiger charge is -2.29. The number of ether oxygens (including phenoxy) is 2. The summed E-state index contributed by atoms with van der Waals surface area (Å²) in [5.41, 5.74) is 2.36. The van der Waals surface area contributed by atoms with Gasteiger partial charge in [0.05, 0.1) is 25.8 Å². The molecule has 6 rings (SSSR count). The van der Waals surface area contributed by atoms with Crippen molar-refractivity contribution in [2.75, 3.05) is 20.8 Å². The van der Waals surface area contributed by atoms with Gasteiger partial charge in [0, 0.05) is 41.7 Å². The molecule has 0 radical (unpaired) electrons. The fourth-order valence-electron chi connectivity index (χ4n) is 5.66. The zero-order chi connectivity index (χ0) is 29.1. The molecule has 2 heterocycles. The van der Waals surface area contributed by atoms with E-state index in [0.717, 1.165) is 53.3 Å². The van der Waals surface area contributed by atoms with Crippen LogP contribution in [0.4, 0.5) is 0 Å². The van der Waals surface area contributed by atoms with Crippen LogP contribution in [0.2, 0.25) is 5.02 Å². The van der Waals surface area contributed by atoms with E-state index in [-0.39, 0.29) is 11.9 Å². The topological polar surface area (TPSA) is 82.4 Å². The van der Waals surface area contributed by atoms with Gasteiger partial charge in [-0.2, -0.15) is 5.10 Å². The first kappa shape index (κ1) is 27.7. The predicted octanol–water partition coefficient (Wildman–Crippen LogP) is 6.92. The molecule has 0 N–H and O–H groups in total. The first-order valence-electron chi connectivity index (χ1n) is 14.1. The Morgan fingerprint density at radius 2 is 1.69 bits per heavy atom. The van der Waals surface area contributed by atoms with Crippen LogP contribution in [0.5, 0.6) is 11.5 Å². The SMILES string of the molecule is COc1ccc2cc(C(=O)N(CCn3nc(-c4ccncc4)nc3-c3ccc(OC)c(Cl)c3)C3CCCC3)ccc2c1. The number of fused-ring (bicyclic) bond motifs is 1. The van der Waals surface area contributed by atoms with Gasteiger partial charge in [-0.15, -0.1) is 0 Å². The minimum absolute atomic E-state index is 0.0307. The number of hydrogen-bond acceptors (Lipinski definition) is 6. The van der Waals surface area contributed by atoms with E-state index >= 15 is 0 Å². The summed E-state index contributed by atoms with van der Waals surface area (Å²) >= 11 is 6.49. The molecule has 1 fully saturated rings. The number of benzene rings is 3. The Hall–Kier alpha value is -4.43. The Bertz CT molecular complexity index is 1720. The minimum atomic E-state index is 0.0307. The number of hydrogen-bond donors (Lipinski definition) is 0. The van der Waals surface area contributed by atoms with E-state index in [1.54, 1.807) is 26.6 Å². The third-order valence-electron chi connectivity index (χ3n) is 7.89. The highest BCUT2D eigenvalue weighted by atomic mass is 35.5. The van der Waals surface area contributed by atoms with Gasteiger partial charge in [-0.05, 0) is 78.2 Å². The van der Waals surface area contributed by atoms with E-state index in [4.69, 9.17) is 31.2 Å². The molecule has 1 aliphatic carbocycles. The second kappa shape index (κ2) is 12.2. The van der Waals surface area contributed by atoms with Crippen molar-refractivity contribution in [3.05, 3.63) is 89.7 Å². The van der Waals surface area contributed by atoms with Crippen LogP contribution >= 0.6 is 11.6 Å². The summed E-state index contributed by atoms with van der Waals surface area (Å²) in [5.74, 6) is 2.67. The molecule has 2 aromatic heterocycles. The maximum absolute atomic E-state index is 14.0. The van der Waals surface area contributed by atoms with Crippen LogP contribution in [0, 0.1) is 0 Å². The highest BCUT2D eigenvalue weighted by Gasteiger charge is 2.28. The maximum atomic E-state index is 14.0. The first-order valence-corrected chi connectivity index (χ1v) is 14.5. The number of carbonyl (C=O) groups excluding carboxylic acids is 1. The quantitative estimate of drug-likeness (QED) is 0.188. The summed E-state index contributed by atoms with van der Waals surface area (Å²) in [6.07, 6.45) is 7.68. The number of halogens is 1. The fourth-order valence-corrected chi connectivity index (χ4v) is 5.92. The Kier molecular flexibility index (Phi) is 8.06. The first-order chi connectivity index (χ1) is 20.5. The van der Waals surface area contributed by atoms with Gasteiger partial charge in [0.15, 0.2) is 11.6 Å². The van der Waals surface area contributed by atoms with Crippen molar-refractivity contribution < 1.29 is 14.3 Å². The van der Waals surface area contributed by atoms with E-state index in [1.165, 1.54) is 0 Å². The van der Waals surface area contributed by atoms with Crippen LogP contribution in [0.3, 0.4) is 0 Å². The number of methoxy groups -OCH3 is 2. The van der Waals surface area contributed by atoms with Crippen LogP contribution in [0.1, 0.15) is 36.0 Å². The molecule has 42 heavy (non-hydrogen) atoms.